The smallest absolute Gasteiger partial charge is 0.239 e. The topological polar surface area (TPSA) is 61.4 Å². The van der Waals surface area contributed by atoms with Gasteiger partial charge in [-0.3, -0.25) is 9.59 Å². The van der Waals surface area contributed by atoms with Gasteiger partial charge in [-0.25, -0.2) is 0 Å². The molecule has 0 bridgehead atoms. The highest BCUT2D eigenvalue weighted by Gasteiger charge is 2.36. The van der Waals surface area contributed by atoms with E-state index in [1.165, 1.54) is 18.5 Å². The van der Waals surface area contributed by atoms with E-state index in [9.17, 15) is 9.59 Å². The summed E-state index contributed by atoms with van der Waals surface area (Å²) in [4.78, 5) is 27.7. The zero-order chi connectivity index (χ0) is 20.1. The van der Waals surface area contributed by atoms with Gasteiger partial charge in [-0.1, -0.05) is 24.3 Å². The summed E-state index contributed by atoms with van der Waals surface area (Å²) in [5.74, 6) is -0.606. The minimum atomic E-state index is -1.17. The van der Waals surface area contributed by atoms with E-state index in [0.29, 0.717) is 12.2 Å². The lowest BCUT2D eigenvalue weighted by Crippen LogP contribution is -2.44. The Labute approximate surface area is 167 Å². The van der Waals surface area contributed by atoms with Crippen LogP contribution in [0.5, 0.6) is 0 Å². The Bertz CT molecular complexity index is 837. The Morgan fingerprint density at radius 1 is 0.964 bits per heavy atom. The lowest BCUT2D eigenvalue weighted by Gasteiger charge is -2.23. The van der Waals surface area contributed by atoms with Gasteiger partial charge in [-0.15, -0.1) is 0 Å². The van der Waals surface area contributed by atoms with Crippen LogP contribution in [-0.2, 0) is 16.1 Å². The molecule has 0 spiro atoms. The fourth-order valence-electron chi connectivity index (χ4n) is 3.33. The lowest BCUT2D eigenvalue weighted by atomic mass is 9.90. The number of anilines is 2. The van der Waals surface area contributed by atoms with Crippen LogP contribution in [0, 0.1) is 12.3 Å². The maximum Gasteiger partial charge on any atom is 0.239 e. The van der Waals surface area contributed by atoms with E-state index in [1.54, 1.807) is 13.8 Å². The number of hydrogen-bond acceptors (Lipinski definition) is 3. The Kier molecular flexibility index (Phi) is 6.02. The average Bonchev–Trinajstić information content (AvgIpc) is 3.22. The van der Waals surface area contributed by atoms with Crippen LogP contribution in [0.4, 0.5) is 11.4 Å². The van der Waals surface area contributed by atoms with Crippen molar-refractivity contribution in [3.63, 3.8) is 0 Å². The SMILES string of the molecule is Cc1ccccc1CNC(=O)C(C)(C)C(=O)Nc1ccc(N2CCCC2)cc1. The van der Waals surface area contributed by atoms with Gasteiger partial charge in [-0.2, -0.15) is 0 Å². The first-order chi connectivity index (χ1) is 13.4. The second kappa shape index (κ2) is 8.46. The van der Waals surface area contributed by atoms with Crippen molar-refractivity contribution in [2.24, 2.45) is 5.41 Å². The van der Waals surface area contributed by atoms with Crippen LogP contribution >= 0.6 is 0 Å². The van der Waals surface area contributed by atoms with Crippen molar-refractivity contribution < 1.29 is 9.59 Å². The molecule has 5 nitrogen and oxygen atoms in total. The van der Waals surface area contributed by atoms with Crippen LogP contribution in [0.25, 0.3) is 0 Å². The Hall–Kier alpha value is -2.82. The highest BCUT2D eigenvalue weighted by atomic mass is 16.2. The summed E-state index contributed by atoms with van der Waals surface area (Å²) in [5.41, 5.74) is 2.86. The molecule has 0 aromatic heterocycles. The first-order valence-corrected chi connectivity index (χ1v) is 9.87. The second-order valence-corrected chi connectivity index (χ2v) is 7.93. The summed E-state index contributed by atoms with van der Waals surface area (Å²) in [6, 6.07) is 15.7. The van der Waals surface area contributed by atoms with Gasteiger partial charge in [-0.05, 0) is 69.0 Å². The first-order valence-electron chi connectivity index (χ1n) is 9.87. The predicted molar refractivity (Wildman–Crippen MR) is 113 cm³/mol. The van der Waals surface area contributed by atoms with Gasteiger partial charge < -0.3 is 15.5 Å². The van der Waals surface area contributed by atoms with Crippen LogP contribution in [0.3, 0.4) is 0 Å². The molecule has 28 heavy (non-hydrogen) atoms. The highest BCUT2D eigenvalue weighted by Crippen LogP contribution is 2.24. The number of aryl methyl sites for hydroxylation is 1. The molecule has 0 saturated carbocycles. The Balaban J connectivity index is 1.58. The summed E-state index contributed by atoms with van der Waals surface area (Å²) in [6.07, 6.45) is 2.45. The molecule has 1 fully saturated rings. The molecule has 2 aromatic rings. The average molecular weight is 380 g/mol. The molecular weight excluding hydrogens is 350 g/mol. The van der Waals surface area contributed by atoms with E-state index in [-0.39, 0.29) is 11.8 Å². The summed E-state index contributed by atoms with van der Waals surface area (Å²) in [7, 11) is 0. The standard InChI is InChI=1S/C23H29N3O2/c1-17-8-4-5-9-18(17)16-24-21(27)23(2,3)22(28)25-19-10-12-20(13-11-19)26-14-6-7-15-26/h4-5,8-13H,6-7,14-16H2,1-3H3,(H,24,27)(H,25,28). The number of carbonyl (C=O) groups excluding carboxylic acids is 2. The van der Waals surface area contributed by atoms with Gasteiger partial charge >= 0.3 is 0 Å². The normalized spacial score (nSPS) is 14.0. The van der Waals surface area contributed by atoms with Crippen molar-refractivity contribution in [3.05, 3.63) is 59.7 Å². The summed E-state index contributed by atoms with van der Waals surface area (Å²) in [5, 5.41) is 5.76. The minimum absolute atomic E-state index is 0.290. The van der Waals surface area contributed by atoms with E-state index in [4.69, 9.17) is 0 Å². The van der Waals surface area contributed by atoms with Gasteiger partial charge in [0.1, 0.15) is 5.41 Å². The maximum absolute atomic E-state index is 12.7. The number of nitrogens with one attached hydrogen (secondary N) is 2. The van der Waals surface area contributed by atoms with Crippen molar-refractivity contribution in [2.75, 3.05) is 23.3 Å². The van der Waals surface area contributed by atoms with E-state index in [0.717, 1.165) is 24.2 Å². The largest absolute Gasteiger partial charge is 0.372 e. The van der Waals surface area contributed by atoms with Crippen LogP contribution in [0.15, 0.2) is 48.5 Å². The molecule has 0 aliphatic carbocycles. The van der Waals surface area contributed by atoms with Crippen LogP contribution in [0.2, 0.25) is 0 Å². The molecule has 2 N–H and O–H groups in total. The lowest BCUT2D eigenvalue weighted by molar-refractivity contribution is -0.138. The number of hydrogen-bond donors (Lipinski definition) is 2. The minimum Gasteiger partial charge on any atom is -0.372 e. The fourth-order valence-corrected chi connectivity index (χ4v) is 3.33. The van der Waals surface area contributed by atoms with E-state index >= 15 is 0 Å². The number of benzene rings is 2. The van der Waals surface area contributed by atoms with Crippen molar-refractivity contribution >= 4 is 23.2 Å². The van der Waals surface area contributed by atoms with Crippen LogP contribution in [-0.4, -0.2) is 24.9 Å². The third-order valence-electron chi connectivity index (χ3n) is 5.43. The molecule has 0 radical (unpaired) electrons. The maximum atomic E-state index is 12.7. The summed E-state index contributed by atoms with van der Waals surface area (Å²) < 4.78 is 0. The number of nitrogens with zero attached hydrogens (tertiary/aromatic N) is 1. The molecule has 0 atom stereocenters. The summed E-state index contributed by atoms with van der Waals surface area (Å²) >= 11 is 0. The molecule has 1 aliphatic rings. The second-order valence-electron chi connectivity index (χ2n) is 7.93. The van der Waals surface area contributed by atoms with Gasteiger partial charge in [0.05, 0.1) is 0 Å². The van der Waals surface area contributed by atoms with Gasteiger partial charge in [0, 0.05) is 31.0 Å². The van der Waals surface area contributed by atoms with Gasteiger partial charge in [0.2, 0.25) is 11.8 Å². The summed E-state index contributed by atoms with van der Waals surface area (Å²) in [6.45, 7) is 7.87. The zero-order valence-corrected chi connectivity index (χ0v) is 16.9. The molecule has 2 aromatic carbocycles. The molecule has 5 heteroatoms. The molecule has 1 heterocycles. The van der Waals surface area contributed by atoms with Crippen LogP contribution < -0.4 is 15.5 Å². The quantitative estimate of drug-likeness (QED) is 0.749. The van der Waals surface area contributed by atoms with Crippen molar-refractivity contribution in [1.29, 1.82) is 0 Å². The molecule has 148 valence electrons. The molecule has 3 rings (SSSR count). The number of carbonyl (C=O) groups is 2. The number of rotatable bonds is 6. The van der Waals surface area contributed by atoms with Crippen LogP contribution in [0.1, 0.15) is 37.8 Å². The molecule has 2 amide bonds. The third kappa shape index (κ3) is 4.53. The van der Waals surface area contributed by atoms with E-state index < -0.39 is 5.41 Å². The van der Waals surface area contributed by atoms with E-state index in [2.05, 4.69) is 15.5 Å². The first kappa shape index (κ1) is 19.9. The monoisotopic (exact) mass is 379 g/mol. The molecule has 1 aliphatic heterocycles. The van der Waals surface area contributed by atoms with Crippen molar-refractivity contribution in [3.8, 4) is 0 Å². The molecular formula is C23H29N3O2. The van der Waals surface area contributed by atoms with Crippen molar-refractivity contribution in [1.82, 2.24) is 5.32 Å². The Morgan fingerprint density at radius 2 is 1.61 bits per heavy atom. The highest BCUT2D eigenvalue weighted by molar-refractivity contribution is 6.09. The van der Waals surface area contributed by atoms with Gasteiger partial charge in [0.15, 0.2) is 0 Å². The zero-order valence-electron chi connectivity index (χ0n) is 16.9. The Morgan fingerprint density at radius 3 is 2.25 bits per heavy atom. The predicted octanol–water partition coefficient (Wildman–Crippen LogP) is 3.88. The molecule has 0 unspecified atom stereocenters. The third-order valence-corrected chi connectivity index (χ3v) is 5.43. The van der Waals surface area contributed by atoms with Crippen molar-refractivity contribution in [2.45, 2.75) is 40.2 Å². The molecule has 1 saturated heterocycles. The fraction of sp³-hybridized carbons (Fsp3) is 0.391. The number of amides is 2. The van der Waals surface area contributed by atoms with Gasteiger partial charge in [0.25, 0.3) is 0 Å². The van der Waals surface area contributed by atoms with E-state index in [1.807, 2.05) is 55.5 Å².